The van der Waals surface area contributed by atoms with E-state index in [0.717, 1.165) is 13.0 Å². The van der Waals surface area contributed by atoms with Crippen LogP contribution in [0.25, 0.3) is 0 Å². The minimum Gasteiger partial charge on any atom is -0.348 e. The van der Waals surface area contributed by atoms with Crippen molar-refractivity contribution in [3.63, 3.8) is 0 Å². The van der Waals surface area contributed by atoms with Gasteiger partial charge in [-0.3, -0.25) is 9.69 Å². The zero-order chi connectivity index (χ0) is 12.4. The first-order valence-electron chi connectivity index (χ1n) is 6.11. The van der Waals surface area contributed by atoms with Gasteiger partial charge in [0, 0.05) is 26.7 Å². The molecule has 0 aromatic heterocycles. The lowest BCUT2D eigenvalue weighted by molar-refractivity contribution is -0.130. The fraction of sp³-hybridized carbons (Fsp3) is 0.500. The maximum atomic E-state index is 11.8. The zero-order valence-corrected chi connectivity index (χ0v) is 10.8. The molecule has 92 valence electrons. The Kier molecular flexibility index (Phi) is 3.48. The molecule has 0 saturated heterocycles. The normalized spacial score (nSPS) is 19.8. The molecule has 3 nitrogen and oxygen atoms in total. The zero-order valence-electron chi connectivity index (χ0n) is 10.8. The van der Waals surface area contributed by atoms with Crippen LogP contribution in [0.1, 0.15) is 24.1 Å². The van der Waals surface area contributed by atoms with Gasteiger partial charge in [-0.15, -0.1) is 0 Å². The number of carbonyl (C=O) groups excluding carboxylic acids is 1. The van der Waals surface area contributed by atoms with Crippen molar-refractivity contribution in [1.29, 1.82) is 0 Å². The van der Waals surface area contributed by atoms with E-state index in [1.54, 1.807) is 4.90 Å². The van der Waals surface area contributed by atoms with E-state index >= 15 is 0 Å². The second-order valence-electron chi connectivity index (χ2n) is 4.88. The summed E-state index contributed by atoms with van der Waals surface area (Å²) in [4.78, 5) is 15.7. The second-order valence-corrected chi connectivity index (χ2v) is 4.88. The van der Waals surface area contributed by atoms with E-state index in [-0.39, 0.29) is 5.91 Å². The Morgan fingerprint density at radius 3 is 2.82 bits per heavy atom. The van der Waals surface area contributed by atoms with Gasteiger partial charge in [-0.25, -0.2) is 0 Å². The van der Waals surface area contributed by atoms with Crippen molar-refractivity contribution in [2.45, 2.75) is 19.4 Å². The Balaban J connectivity index is 2.12. The minimum atomic E-state index is 0.177. The van der Waals surface area contributed by atoms with Crippen LogP contribution in [-0.2, 0) is 11.2 Å². The monoisotopic (exact) mass is 232 g/mol. The quantitative estimate of drug-likeness (QED) is 0.774. The van der Waals surface area contributed by atoms with Gasteiger partial charge >= 0.3 is 0 Å². The molecule has 1 aromatic carbocycles. The fourth-order valence-corrected chi connectivity index (χ4v) is 2.35. The summed E-state index contributed by atoms with van der Waals surface area (Å²) in [7, 11) is 3.62. The summed E-state index contributed by atoms with van der Waals surface area (Å²) in [6.45, 7) is 3.67. The topological polar surface area (TPSA) is 23.6 Å². The van der Waals surface area contributed by atoms with Crippen LogP contribution in [0, 0.1) is 0 Å². The van der Waals surface area contributed by atoms with Crippen molar-refractivity contribution in [3.8, 4) is 0 Å². The van der Waals surface area contributed by atoms with Gasteiger partial charge in [0.25, 0.3) is 0 Å². The van der Waals surface area contributed by atoms with E-state index in [0.29, 0.717) is 12.6 Å². The number of carbonyl (C=O) groups is 1. The van der Waals surface area contributed by atoms with Crippen molar-refractivity contribution < 1.29 is 4.79 Å². The molecule has 1 aromatic rings. The molecule has 0 saturated carbocycles. The summed E-state index contributed by atoms with van der Waals surface area (Å²) in [5.74, 6) is 0.177. The number of amides is 1. The van der Waals surface area contributed by atoms with Gasteiger partial charge in [0.1, 0.15) is 0 Å². The lowest BCUT2D eigenvalue weighted by Crippen LogP contribution is -2.41. The predicted molar refractivity (Wildman–Crippen MR) is 68.8 cm³/mol. The van der Waals surface area contributed by atoms with E-state index in [4.69, 9.17) is 0 Å². The SMILES string of the molecule is CC1c2ccccc2CCN1CC(=O)N(C)C. The van der Waals surface area contributed by atoms with Gasteiger partial charge in [-0.2, -0.15) is 0 Å². The molecule has 17 heavy (non-hydrogen) atoms. The Bertz CT molecular complexity index is 414. The van der Waals surface area contributed by atoms with Crippen LogP contribution in [0.5, 0.6) is 0 Å². The number of rotatable bonds is 2. The van der Waals surface area contributed by atoms with Crippen LogP contribution in [0.4, 0.5) is 0 Å². The number of benzene rings is 1. The molecule has 2 rings (SSSR count). The standard InChI is InChI=1S/C14H20N2O/c1-11-13-7-5-4-6-12(13)8-9-16(11)10-14(17)15(2)3/h4-7,11H,8-10H2,1-3H3. The van der Waals surface area contributed by atoms with E-state index in [1.807, 2.05) is 14.1 Å². The molecule has 0 aliphatic carbocycles. The molecule has 1 aliphatic rings. The molecule has 1 aliphatic heterocycles. The molecule has 1 atom stereocenters. The third-order valence-corrected chi connectivity index (χ3v) is 3.56. The molecule has 0 bridgehead atoms. The van der Waals surface area contributed by atoms with E-state index in [9.17, 15) is 4.79 Å². The third-order valence-electron chi connectivity index (χ3n) is 3.56. The Morgan fingerprint density at radius 1 is 1.41 bits per heavy atom. The molecule has 0 fully saturated rings. The Hall–Kier alpha value is -1.35. The lowest BCUT2D eigenvalue weighted by Gasteiger charge is -2.35. The van der Waals surface area contributed by atoms with Crippen molar-refractivity contribution in [3.05, 3.63) is 35.4 Å². The number of hydrogen-bond acceptors (Lipinski definition) is 2. The Labute approximate surface area is 103 Å². The van der Waals surface area contributed by atoms with Gasteiger partial charge in [0.2, 0.25) is 5.91 Å². The first-order chi connectivity index (χ1) is 8.09. The highest BCUT2D eigenvalue weighted by molar-refractivity contribution is 5.77. The van der Waals surface area contributed by atoms with Gasteiger partial charge < -0.3 is 4.90 Å². The molecule has 0 spiro atoms. The number of likely N-dealkylation sites (N-methyl/N-ethyl adjacent to an activating group) is 1. The average Bonchev–Trinajstić information content (AvgIpc) is 2.33. The largest absolute Gasteiger partial charge is 0.348 e. The van der Waals surface area contributed by atoms with Crippen LogP contribution in [0.3, 0.4) is 0 Å². The van der Waals surface area contributed by atoms with E-state index in [1.165, 1.54) is 11.1 Å². The van der Waals surface area contributed by atoms with Crippen molar-refractivity contribution in [2.24, 2.45) is 0 Å². The average molecular weight is 232 g/mol. The van der Waals surface area contributed by atoms with E-state index in [2.05, 4.69) is 36.1 Å². The first kappa shape index (κ1) is 12.1. The van der Waals surface area contributed by atoms with Crippen molar-refractivity contribution in [1.82, 2.24) is 9.80 Å². The molecule has 0 N–H and O–H groups in total. The fourth-order valence-electron chi connectivity index (χ4n) is 2.35. The van der Waals surface area contributed by atoms with Gasteiger partial charge in [0.05, 0.1) is 6.54 Å². The number of nitrogens with zero attached hydrogens (tertiary/aromatic N) is 2. The molecule has 1 heterocycles. The maximum Gasteiger partial charge on any atom is 0.236 e. The molecule has 0 radical (unpaired) electrons. The summed E-state index contributed by atoms with van der Waals surface area (Å²) in [6, 6.07) is 8.87. The van der Waals surface area contributed by atoms with Crippen LogP contribution >= 0.6 is 0 Å². The van der Waals surface area contributed by atoms with Gasteiger partial charge in [-0.1, -0.05) is 24.3 Å². The molecule has 1 amide bonds. The summed E-state index contributed by atoms with van der Waals surface area (Å²) in [5, 5.41) is 0. The summed E-state index contributed by atoms with van der Waals surface area (Å²) < 4.78 is 0. The van der Waals surface area contributed by atoms with Crippen molar-refractivity contribution in [2.75, 3.05) is 27.2 Å². The smallest absolute Gasteiger partial charge is 0.236 e. The predicted octanol–water partition coefficient (Wildman–Crippen LogP) is 1.69. The summed E-state index contributed by atoms with van der Waals surface area (Å²) in [5.41, 5.74) is 2.79. The Morgan fingerprint density at radius 2 is 2.12 bits per heavy atom. The van der Waals surface area contributed by atoms with Gasteiger partial charge in [0.15, 0.2) is 0 Å². The molecule has 1 unspecified atom stereocenters. The highest BCUT2D eigenvalue weighted by atomic mass is 16.2. The van der Waals surface area contributed by atoms with Crippen LogP contribution in [-0.4, -0.2) is 42.9 Å². The molecular formula is C14H20N2O. The minimum absolute atomic E-state index is 0.177. The highest BCUT2D eigenvalue weighted by Gasteiger charge is 2.25. The maximum absolute atomic E-state index is 11.8. The third kappa shape index (κ3) is 2.50. The molecular weight excluding hydrogens is 212 g/mol. The number of fused-ring (bicyclic) bond motifs is 1. The second kappa shape index (κ2) is 4.88. The molecule has 3 heteroatoms. The van der Waals surface area contributed by atoms with Crippen LogP contribution in [0.2, 0.25) is 0 Å². The van der Waals surface area contributed by atoms with Gasteiger partial charge in [-0.05, 0) is 24.5 Å². The highest BCUT2D eigenvalue weighted by Crippen LogP contribution is 2.28. The van der Waals surface area contributed by atoms with E-state index < -0.39 is 0 Å². The number of hydrogen-bond donors (Lipinski definition) is 0. The van der Waals surface area contributed by atoms with Crippen LogP contribution in [0.15, 0.2) is 24.3 Å². The summed E-state index contributed by atoms with van der Waals surface area (Å²) in [6.07, 6.45) is 1.04. The summed E-state index contributed by atoms with van der Waals surface area (Å²) >= 11 is 0. The van der Waals surface area contributed by atoms with Crippen molar-refractivity contribution >= 4 is 5.91 Å². The first-order valence-corrected chi connectivity index (χ1v) is 6.11. The van der Waals surface area contributed by atoms with Crippen LogP contribution < -0.4 is 0 Å². The lowest BCUT2D eigenvalue weighted by atomic mass is 9.94.